The molecular formula is C19H20N4OS. The average molecular weight is 352 g/mol. The molecule has 0 saturated carbocycles. The van der Waals surface area contributed by atoms with Crippen LogP contribution in [0.3, 0.4) is 0 Å². The Morgan fingerprint density at radius 2 is 2.00 bits per heavy atom. The maximum atomic E-state index is 12.7. The summed E-state index contributed by atoms with van der Waals surface area (Å²) >= 11 is 1.49. The van der Waals surface area contributed by atoms with Gasteiger partial charge in [0.2, 0.25) is 5.91 Å². The van der Waals surface area contributed by atoms with Gasteiger partial charge in [-0.2, -0.15) is 0 Å². The standard InChI is InChI=1S/C19H20N4OS/c1-13(2)17(18(24)21-11-14-6-5-9-20-10-14)25-19-15-7-3-4-8-16(15)22-12-23-19/h3-10,12-13,17H,11H2,1-2H3,(H,21,24)/t17-/m0/s1. The zero-order valence-electron chi connectivity index (χ0n) is 14.2. The van der Waals surface area contributed by atoms with E-state index in [2.05, 4.69) is 20.3 Å². The topological polar surface area (TPSA) is 67.8 Å². The number of rotatable bonds is 6. The van der Waals surface area contributed by atoms with Crippen molar-refractivity contribution in [2.45, 2.75) is 30.7 Å². The molecule has 0 aliphatic heterocycles. The Bertz CT molecular complexity index is 849. The van der Waals surface area contributed by atoms with Crippen molar-refractivity contribution in [2.24, 2.45) is 5.92 Å². The molecule has 3 rings (SSSR count). The van der Waals surface area contributed by atoms with Crippen molar-refractivity contribution < 1.29 is 4.79 Å². The van der Waals surface area contributed by atoms with Gasteiger partial charge in [-0.15, -0.1) is 0 Å². The van der Waals surface area contributed by atoms with Gasteiger partial charge in [0, 0.05) is 24.3 Å². The van der Waals surface area contributed by atoms with Crippen LogP contribution in [-0.4, -0.2) is 26.1 Å². The van der Waals surface area contributed by atoms with Crippen LogP contribution in [0.15, 0.2) is 60.1 Å². The third kappa shape index (κ3) is 4.33. The van der Waals surface area contributed by atoms with Gasteiger partial charge < -0.3 is 5.32 Å². The van der Waals surface area contributed by atoms with E-state index in [9.17, 15) is 4.79 Å². The fourth-order valence-corrected chi connectivity index (χ4v) is 3.59. The second-order valence-electron chi connectivity index (χ2n) is 6.06. The number of aromatic nitrogens is 3. The Morgan fingerprint density at radius 3 is 2.76 bits per heavy atom. The molecule has 0 aliphatic carbocycles. The molecule has 5 nitrogen and oxygen atoms in total. The smallest absolute Gasteiger partial charge is 0.234 e. The van der Waals surface area contributed by atoms with Gasteiger partial charge in [-0.05, 0) is 23.6 Å². The summed E-state index contributed by atoms with van der Waals surface area (Å²) in [6.45, 7) is 4.57. The first-order valence-electron chi connectivity index (χ1n) is 8.18. The number of fused-ring (bicyclic) bond motifs is 1. The lowest BCUT2D eigenvalue weighted by molar-refractivity contribution is -0.121. The molecule has 0 fully saturated rings. The summed E-state index contributed by atoms with van der Waals surface area (Å²) in [6.07, 6.45) is 5.03. The van der Waals surface area contributed by atoms with Gasteiger partial charge in [0.25, 0.3) is 0 Å². The van der Waals surface area contributed by atoms with Crippen LogP contribution in [0.5, 0.6) is 0 Å². The number of hydrogen-bond donors (Lipinski definition) is 1. The summed E-state index contributed by atoms with van der Waals surface area (Å²) in [4.78, 5) is 25.4. The van der Waals surface area contributed by atoms with Gasteiger partial charge in [0.05, 0.1) is 10.8 Å². The molecule has 0 aliphatic rings. The van der Waals surface area contributed by atoms with Gasteiger partial charge in [0.1, 0.15) is 11.4 Å². The molecule has 0 radical (unpaired) electrons. The largest absolute Gasteiger partial charge is 0.351 e. The van der Waals surface area contributed by atoms with Crippen LogP contribution in [0.4, 0.5) is 0 Å². The molecule has 2 heterocycles. The Morgan fingerprint density at radius 1 is 1.16 bits per heavy atom. The molecule has 0 unspecified atom stereocenters. The monoisotopic (exact) mass is 352 g/mol. The molecule has 128 valence electrons. The molecule has 1 N–H and O–H groups in total. The van der Waals surface area contributed by atoms with Crippen molar-refractivity contribution in [3.63, 3.8) is 0 Å². The number of para-hydroxylation sites is 1. The third-order valence-corrected chi connectivity index (χ3v) is 5.36. The second-order valence-corrected chi connectivity index (χ2v) is 7.19. The Kier molecular flexibility index (Phi) is 5.60. The van der Waals surface area contributed by atoms with E-state index in [4.69, 9.17) is 0 Å². The predicted octanol–water partition coefficient (Wildman–Crippen LogP) is 3.46. The molecule has 0 saturated heterocycles. The van der Waals surface area contributed by atoms with E-state index < -0.39 is 0 Å². The van der Waals surface area contributed by atoms with Gasteiger partial charge in [-0.3, -0.25) is 9.78 Å². The highest BCUT2D eigenvalue weighted by atomic mass is 32.2. The predicted molar refractivity (Wildman–Crippen MR) is 100 cm³/mol. The van der Waals surface area contributed by atoms with Crippen LogP contribution >= 0.6 is 11.8 Å². The number of nitrogens with one attached hydrogen (secondary N) is 1. The zero-order valence-corrected chi connectivity index (χ0v) is 15.0. The minimum Gasteiger partial charge on any atom is -0.351 e. The van der Waals surface area contributed by atoms with E-state index in [0.717, 1.165) is 21.5 Å². The molecule has 1 aromatic carbocycles. The highest BCUT2D eigenvalue weighted by Crippen LogP contribution is 2.31. The molecule has 3 aromatic rings. The fourth-order valence-electron chi connectivity index (χ4n) is 2.48. The molecule has 2 aromatic heterocycles. The van der Waals surface area contributed by atoms with Crippen molar-refractivity contribution in [1.29, 1.82) is 0 Å². The summed E-state index contributed by atoms with van der Waals surface area (Å²) in [5.41, 5.74) is 1.87. The maximum absolute atomic E-state index is 12.7. The molecule has 0 bridgehead atoms. The van der Waals surface area contributed by atoms with E-state index in [1.807, 2.05) is 50.2 Å². The van der Waals surface area contributed by atoms with Crippen molar-refractivity contribution in [2.75, 3.05) is 0 Å². The first kappa shape index (κ1) is 17.4. The zero-order chi connectivity index (χ0) is 17.6. The first-order valence-corrected chi connectivity index (χ1v) is 9.06. The average Bonchev–Trinajstić information content (AvgIpc) is 2.65. The fraction of sp³-hybridized carbons (Fsp3) is 0.263. The van der Waals surface area contributed by atoms with E-state index in [1.165, 1.54) is 11.8 Å². The van der Waals surface area contributed by atoms with Crippen LogP contribution < -0.4 is 5.32 Å². The van der Waals surface area contributed by atoms with E-state index in [0.29, 0.717) is 6.54 Å². The van der Waals surface area contributed by atoms with Crippen LogP contribution in [0.1, 0.15) is 19.4 Å². The van der Waals surface area contributed by atoms with Crippen molar-refractivity contribution in [1.82, 2.24) is 20.3 Å². The van der Waals surface area contributed by atoms with Crippen molar-refractivity contribution >= 4 is 28.6 Å². The SMILES string of the molecule is CC(C)[C@H](Sc1ncnc2ccccc12)C(=O)NCc1cccnc1. The van der Waals surface area contributed by atoms with Gasteiger partial charge >= 0.3 is 0 Å². The van der Waals surface area contributed by atoms with Gasteiger partial charge in [-0.25, -0.2) is 9.97 Å². The van der Waals surface area contributed by atoms with Gasteiger partial charge in [-0.1, -0.05) is 49.9 Å². The number of amides is 1. The van der Waals surface area contributed by atoms with E-state index >= 15 is 0 Å². The maximum Gasteiger partial charge on any atom is 0.234 e. The highest BCUT2D eigenvalue weighted by Gasteiger charge is 2.24. The third-order valence-electron chi connectivity index (χ3n) is 3.80. The van der Waals surface area contributed by atoms with E-state index in [1.54, 1.807) is 18.7 Å². The molecule has 6 heteroatoms. The van der Waals surface area contributed by atoms with Gasteiger partial charge in [0.15, 0.2) is 0 Å². The van der Waals surface area contributed by atoms with Crippen molar-refractivity contribution in [3.8, 4) is 0 Å². The molecular weight excluding hydrogens is 332 g/mol. The minimum absolute atomic E-state index is 0.00606. The quantitative estimate of drug-likeness (QED) is 0.543. The molecule has 1 atom stereocenters. The summed E-state index contributed by atoms with van der Waals surface area (Å²) in [5.74, 6) is 0.180. The number of pyridine rings is 1. The summed E-state index contributed by atoms with van der Waals surface area (Å²) < 4.78 is 0. The second kappa shape index (κ2) is 8.07. The lowest BCUT2D eigenvalue weighted by atomic mass is 10.1. The van der Waals surface area contributed by atoms with Crippen LogP contribution in [0, 0.1) is 5.92 Å². The number of hydrogen-bond acceptors (Lipinski definition) is 5. The highest BCUT2D eigenvalue weighted by molar-refractivity contribution is 8.00. The van der Waals surface area contributed by atoms with Crippen LogP contribution in [0.25, 0.3) is 10.9 Å². The summed E-state index contributed by atoms with van der Waals surface area (Å²) in [7, 11) is 0. The molecule has 0 spiro atoms. The Balaban J connectivity index is 1.75. The van der Waals surface area contributed by atoms with Crippen molar-refractivity contribution in [3.05, 3.63) is 60.7 Å². The van der Waals surface area contributed by atoms with Crippen LogP contribution in [0.2, 0.25) is 0 Å². The molecule has 25 heavy (non-hydrogen) atoms. The number of carbonyl (C=O) groups excluding carboxylic acids is 1. The summed E-state index contributed by atoms with van der Waals surface area (Å²) in [6, 6.07) is 11.7. The molecule has 1 amide bonds. The minimum atomic E-state index is -0.227. The lowest BCUT2D eigenvalue weighted by Crippen LogP contribution is -2.35. The van der Waals surface area contributed by atoms with E-state index in [-0.39, 0.29) is 17.1 Å². The lowest BCUT2D eigenvalue weighted by Gasteiger charge is -2.20. The Hall–Kier alpha value is -2.47. The summed E-state index contributed by atoms with van der Waals surface area (Å²) in [5, 5.41) is 4.59. The number of thioether (sulfide) groups is 1. The van der Waals surface area contributed by atoms with Crippen LogP contribution in [-0.2, 0) is 11.3 Å². The Labute approximate surface area is 151 Å². The number of nitrogens with zero attached hydrogens (tertiary/aromatic N) is 3. The number of carbonyl (C=O) groups is 1. The first-order chi connectivity index (χ1) is 12.1. The number of benzene rings is 1. The normalized spacial score (nSPS) is 12.3.